The molecule has 0 aliphatic carbocycles. The summed E-state index contributed by atoms with van der Waals surface area (Å²) in [5, 5.41) is 2.75. The van der Waals surface area contributed by atoms with Crippen molar-refractivity contribution in [3.8, 4) is 0 Å². The lowest BCUT2D eigenvalue weighted by molar-refractivity contribution is -0.131. The van der Waals surface area contributed by atoms with E-state index >= 15 is 0 Å². The molecule has 6 heteroatoms. The number of ether oxygens (including phenoxy) is 2. The molecule has 0 bridgehead atoms. The van der Waals surface area contributed by atoms with E-state index in [0.29, 0.717) is 25.5 Å². The third-order valence-corrected chi connectivity index (χ3v) is 2.18. The predicted molar refractivity (Wildman–Crippen MR) is 62.6 cm³/mol. The molecule has 0 aromatic carbocycles. The summed E-state index contributed by atoms with van der Waals surface area (Å²) < 4.78 is 12.3. The molecule has 6 nitrogen and oxygen atoms in total. The third-order valence-electron chi connectivity index (χ3n) is 2.18. The van der Waals surface area contributed by atoms with Crippen LogP contribution in [-0.2, 0) is 16.5 Å². The van der Waals surface area contributed by atoms with Crippen LogP contribution in [0.5, 0.6) is 0 Å². The average Bonchev–Trinajstić information content (AvgIpc) is 2.72. The van der Waals surface area contributed by atoms with Gasteiger partial charge in [0, 0.05) is 20.3 Å². The lowest BCUT2D eigenvalue weighted by Gasteiger charge is -2.17. The van der Waals surface area contributed by atoms with Gasteiger partial charge in [-0.3, -0.25) is 4.79 Å². The molecule has 0 saturated heterocycles. The monoisotopic (exact) mass is 241 g/mol. The Labute approximate surface area is 101 Å². The van der Waals surface area contributed by atoms with Crippen molar-refractivity contribution in [3.05, 3.63) is 18.2 Å². The summed E-state index contributed by atoms with van der Waals surface area (Å²) in [6, 6.07) is 0. The van der Waals surface area contributed by atoms with Gasteiger partial charge in [0.05, 0.1) is 19.1 Å². The van der Waals surface area contributed by atoms with E-state index in [2.05, 4.69) is 10.3 Å². The molecule has 1 aromatic heterocycles. The Morgan fingerprint density at radius 2 is 2.12 bits per heavy atom. The van der Waals surface area contributed by atoms with E-state index < -0.39 is 6.29 Å². The van der Waals surface area contributed by atoms with Crippen molar-refractivity contribution in [2.24, 2.45) is 7.05 Å². The lowest BCUT2D eigenvalue weighted by atomic mass is 10.4. The zero-order valence-electron chi connectivity index (χ0n) is 10.5. The Hall–Kier alpha value is -1.40. The zero-order valence-corrected chi connectivity index (χ0v) is 10.5. The quantitative estimate of drug-likeness (QED) is 0.708. The number of hydrogen-bond donors (Lipinski definition) is 1. The first-order valence-electron chi connectivity index (χ1n) is 5.66. The van der Waals surface area contributed by atoms with Gasteiger partial charge in [-0.25, -0.2) is 4.98 Å². The first kappa shape index (κ1) is 13.7. The summed E-state index contributed by atoms with van der Waals surface area (Å²) >= 11 is 0. The maximum atomic E-state index is 11.8. The second kappa shape index (κ2) is 7.03. The van der Waals surface area contributed by atoms with Crippen LogP contribution in [0.3, 0.4) is 0 Å². The van der Waals surface area contributed by atoms with Crippen LogP contribution in [0.4, 0.5) is 0 Å². The van der Waals surface area contributed by atoms with Crippen molar-refractivity contribution in [1.29, 1.82) is 0 Å². The van der Waals surface area contributed by atoms with Crippen LogP contribution in [-0.4, -0.2) is 41.5 Å². The molecule has 1 rings (SSSR count). The fourth-order valence-electron chi connectivity index (χ4n) is 1.38. The van der Waals surface area contributed by atoms with Crippen molar-refractivity contribution in [2.75, 3.05) is 19.8 Å². The number of nitrogens with zero attached hydrogens (tertiary/aromatic N) is 2. The minimum atomic E-state index is -0.401. The highest BCUT2D eigenvalue weighted by Gasteiger charge is 2.13. The number of rotatable bonds is 7. The standard InChI is InChI=1S/C11H19N3O3/c1-4-16-10(17-5-2)7-13-11(15)9-6-12-8-14(9)3/h6,8,10H,4-5,7H2,1-3H3,(H,13,15). The summed E-state index contributed by atoms with van der Waals surface area (Å²) in [6.07, 6.45) is 2.70. The van der Waals surface area contributed by atoms with Gasteiger partial charge in [0.2, 0.25) is 0 Å². The Balaban J connectivity index is 2.43. The molecule has 0 aliphatic heterocycles. The van der Waals surface area contributed by atoms with E-state index in [0.717, 1.165) is 0 Å². The van der Waals surface area contributed by atoms with Gasteiger partial charge in [-0.15, -0.1) is 0 Å². The molecule has 0 unspecified atom stereocenters. The highest BCUT2D eigenvalue weighted by atomic mass is 16.7. The van der Waals surface area contributed by atoms with E-state index in [4.69, 9.17) is 9.47 Å². The first-order chi connectivity index (χ1) is 8.19. The second-order valence-corrected chi connectivity index (χ2v) is 3.44. The van der Waals surface area contributed by atoms with Crippen LogP contribution in [0.25, 0.3) is 0 Å². The summed E-state index contributed by atoms with van der Waals surface area (Å²) in [5.74, 6) is -0.186. The molecule has 0 fully saturated rings. The minimum absolute atomic E-state index is 0.186. The van der Waals surface area contributed by atoms with Gasteiger partial charge in [0.15, 0.2) is 6.29 Å². The SMILES string of the molecule is CCOC(CNC(=O)c1cncn1C)OCC. The smallest absolute Gasteiger partial charge is 0.269 e. The number of aryl methyl sites for hydroxylation is 1. The maximum Gasteiger partial charge on any atom is 0.269 e. The van der Waals surface area contributed by atoms with E-state index in [1.54, 1.807) is 17.9 Å². The summed E-state index contributed by atoms with van der Waals surface area (Å²) in [7, 11) is 1.77. The zero-order chi connectivity index (χ0) is 12.7. The predicted octanol–water partition coefficient (Wildman–Crippen LogP) is 0.549. The number of aromatic nitrogens is 2. The van der Waals surface area contributed by atoms with Crippen LogP contribution < -0.4 is 5.32 Å². The van der Waals surface area contributed by atoms with Gasteiger partial charge >= 0.3 is 0 Å². The number of imidazole rings is 1. The van der Waals surface area contributed by atoms with Crippen molar-refractivity contribution in [2.45, 2.75) is 20.1 Å². The molecule has 96 valence electrons. The summed E-state index contributed by atoms with van der Waals surface area (Å²) in [4.78, 5) is 15.6. The Morgan fingerprint density at radius 3 is 2.59 bits per heavy atom. The first-order valence-corrected chi connectivity index (χ1v) is 5.66. The Morgan fingerprint density at radius 1 is 1.47 bits per heavy atom. The normalized spacial score (nSPS) is 10.8. The second-order valence-electron chi connectivity index (χ2n) is 3.44. The molecule has 0 saturated carbocycles. The number of nitrogens with one attached hydrogen (secondary N) is 1. The van der Waals surface area contributed by atoms with Crippen molar-refractivity contribution >= 4 is 5.91 Å². The molecule has 0 atom stereocenters. The van der Waals surface area contributed by atoms with Gasteiger partial charge < -0.3 is 19.4 Å². The topological polar surface area (TPSA) is 65.4 Å². The van der Waals surface area contributed by atoms with Gasteiger partial charge in [-0.05, 0) is 13.8 Å². The van der Waals surface area contributed by atoms with Crippen LogP contribution in [0, 0.1) is 0 Å². The van der Waals surface area contributed by atoms with Gasteiger partial charge in [0.1, 0.15) is 5.69 Å². The van der Waals surface area contributed by atoms with Gasteiger partial charge in [-0.2, -0.15) is 0 Å². The number of hydrogen-bond acceptors (Lipinski definition) is 4. The van der Waals surface area contributed by atoms with Crippen LogP contribution in [0.1, 0.15) is 24.3 Å². The Bertz CT molecular complexity index is 345. The lowest BCUT2D eigenvalue weighted by Crippen LogP contribution is -2.36. The minimum Gasteiger partial charge on any atom is -0.351 e. The molecular formula is C11H19N3O3. The van der Waals surface area contributed by atoms with Crippen LogP contribution in [0.15, 0.2) is 12.5 Å². The number of amides is 1. The number of carbonyl (C=O) groups excluding carboxylic acids is 1. The number of carbonyl (C=O) groups is 1. The van der Waals surface area contributed by atoms with Crippen molar-refractivity contribution in [3.63, 3.8) is 0 Å². The molecule has 0 radical (unpaired) electrons. The third kappa shape index (κ3) is 4.16. The molecule has 1 heterocycles. The molecule has 17 heavy (non-hydrogen) atoms. The fraction of sp³-hybridized carbons (Fsp3) is 0.636. The maximum absolute atomic E-state index is 11.8. The molecule has 1 N–H and O–H groups in total. The molecule has 1 aromatic rings. The summed E-state index contributed by atoms with van der Waals surface area (Å²) in [6.45, 7) is 5.19. The highest BCUT2D eigenvalue weighted by molar-refractivity contribution is 5.92. The van der Waals surface area contributed by atoms with Gasteiger partial charge in [-0.1, -0.05) is 0 Å². The fourth-order valence-corrected chi connectivity index (χ4v) is 1.38. The largest absolute Gasteiger partial charge is 0.351 e. The highest BCUT2D eigenvalue weighted by Crippen LogP contribution is 1.98. The molecule has 1 amide bonds. The molecular weight excluding hydrogens is 222 g/mol. The average molecular weight is 241 g/mol. The van der Waals surface area contributed by atoms with E-state index in [9.17, 15) is 4.79 Å². The Kier molecular flexibility index (Phi) is 5.65. The van der Waals surface area contributed by atoms with Crippen LogP contribution in [0.2, 0.25) is 0 Å². The molecule has 0 aliphatic rings. The summed E-state index contributed by atoms with van der Waals surface area (Å²) in [5.41, 5.74) is 0.511. The van der Waals surface area contributed by atoms with Crippen molar-refractivity contribution in [1.82, 2.24) is 14.9 Å². The van der Waals surface area contributed by atoms with Gasteiger partial charge in [0.25, 0.3) is 5.91 Å². The van der Waals surface area contributed by atoms with E-state index in [-0.39, 0.29) is 5.91 Å². The van der Waals surface area contributed by atoms with Crippen LogP contribution >= 0.6 is 0 Å². The van der Waals surface area contributed by atoms with Crippen molar-refractivity contribution < 1.29 is 14.3 Å². The van der Waals surface area contributed by atoms with E-state index in [1.807, 2.05) is 13.8 Å². The molecule has 0 spiro atoms. The van der Waals surface area contributed by atoms with E-state index in [1.165, 1.54) is 6.20 Å².